The Hall–Kier alpha value is -1.97. The number of hydrogen-bond donors (Lipinski definition) is 1. The summed E-state index contributed by atoms with van der Waals surface area (Å²) in [6, 6.07) is 5.67. The van der Waals surface area contributed by atoms with E-state index in [9.17, 15) is 4.79 Å². The van der Waals surface area contributed by atoms with Gasteiger partial charge in [0, 0.05) is 5.39 Å². The molecule has 4 nitrogen and oxygen atoms in total. The van der Waals surface area contributed by atoms with Gasteiger partial charge in [-0.15, -0.1) is 0 Å². The number of amides is 1. The lowest BCUT2D eigenvalue weighted by atomic mass is 10.1. The number of ether oxygens (including phenoxy) is 1. The van der Waals surface area contributed by atoms with Gasteiger partial charge < -0.3 is 14.9 Å². The van der Waals surface area contributed by atoms with Gasteiger partial charge in [-0.25, -0.2) is 0 Å². The molecule has 4 heteroatoms. The van der Waals surface area contributed by atoms with Crippen LogP contribution in [0, 0.1) is 13.8 Å². The Labute approximate surface area is 112 Å². The zero-order valence-electron chi connectivity index (χ0n) is 11.5. The van der Waals surface area contributed by atoms with Crippen LogP contribution in [-0.4, -0.2) is 12.0 Å². The molecule has 1 aromatic carbocycles. The number of benzene rings is 1. The van der Waals surface area contributed by atoms with Gasteiger partial charge in [-0.05, 0) is 31.9 Å². The second-order valence-corrected chi connectivity index (χ2v) is 4.71. The molecule has 0 saturated heterocycles. The van der Waals surface area contributed by atoms with Gasteiger partial charge in [0.05, 0.1) is 0 Å². The van der Waals surface area contributed by atoms with Crippen molar-refractivity contribution in [2.24, 2.45) is 5.73 Å². The Morgan fingerprint density at radius 2 is 2.16 bits per heavy atom. The summed E-state index contributed by atoms with van der Waals surface area (Å²) in [5.74, 6) is 0.988. The Kier molecular flexibility index (Phi) is 3.79. The molecular formula is C15H19NO3. The van der Waals surface area contributed by atoms with E-state index in [1.165, 1.54) is 0 Å². The van der Waals surface area contributed by atoms with Crippen LogP contribution >= 0.6 is 0 Å². The molecule has 0 aliphatic rings. The van der Waals surface area contributed by atoms with Crippen LogP contribution in [0.1, 0.15) is 31.1 Å². The number of carbonyl (C=O) groups is 1. The van der Waals surface area contributed by atoms with E-state index in [-0.39, 0.29) is 0 Å². The summed E-state index contributed by atoms with van der Waals surface area (Å²) >= 11 is 0. The second kappa shape index (κ2) is 5.34. The Morgan fingerprint density at radius 3 is 2.79 bits per heavy atom. The van der Waals surface area contributed by atoms with Crippen molar-refractivity contribution in [3.05, 3.63) is 29.5 Å². The largest absolute Gasteiger partial charge is 0.477 e. The lowest BCUT2D eigenvalue weighted by molar-refractivity contribution is -0.124. The third-order valence-electron chi connectivity index (χ3n) is 3.30. The number of fused-ring (bicyclic) bond motifs is 1. The minimum atomic E-state index is -0.610. The minimum Gasteiger partial charge on any atom is -0.477 e. The summed E-state index contributed by atoms with van der Waals surface area (Å²) in [5.41, 5.74) is 7.13. The van der Waals surface area contributed by atoms with E-state index >= 15 is 0 Å². The molecule has 1 atom stereocenters. The first-order chi connectivity index (χ1) is 9.04. The lowest BCUT2D eigenvalue weighted by Crippen LogP contribution is -2.33. The summed E-state index contributed by atoms with van der Waals surface area (Å²) in [6.45, 7) is 5.90. The summed E-state index contributed by atoms with van der Waals surface area (Å²) in [4.78, 5) is 11.4. The molecule has 0 aliphatic carbocycles. The monoisotopic (exact) mass is 261 g/mol. The first kappa shape index (κ1) is 13.5. The van der Waals surface area contributed by atoms with Gasteiger partial charge in [-0.2, -0.15) is 0 Å². The van der Waals surface area contributed by atoms with Gasteiger partial charge in [0.1, 0.15) is 5.76 Å². The number of para-hydroxylation sites is 1. The Balaban J connectivity index is 2.39. The van der Waals surface area contributed by atoms with Crippen LogP contribution in [0.2, 0.25) is 0 Å². The molecule has 1 aromatic heterocycles. The molecule has 19 heavy (non-hydrogen) atoms. The van der Waals surface area contributed by atoms with Gasteiger partial charge in [0.15, 0.2) is 17.4 Å². The number of nitrogens with two attached hydrogens (primary N) is 1. The molecule has 1 heterocycles. The molecule has 102 valence electrons. The predicted molar refractivity (Wildman–Crippen MR) is 74.2 cm³/mol. The number of hydrogen-bond acceptors (Lipinski definition) is 3. The van der Waals surface area contributed by atoms with Crippen LogP contribution in [0.15, 0.2) is 22.6 Å². The van der Waals surface area contributed by atoms with Gasteiger partial charge >= 0.3 is 0 Å². The molecule has 0 radical (unpaired) electrons. The Bertz CT molecular complexity index is 601. The van der Waals surface area contributed by atoms with Gasteiger partial charge in [0.2, 0.25) is 0 Å². The van der Waals surface area contributed by atoms with Crippen LogP contribution in [0.4, 0.5) is 0 Å². The fourth-order valence-corrected chi connectivity index (χ4v) is 2.10. The number of aryl methyl sites for hydroxylation is 2. The smallest absolute Gasteiger partial charge is 0.258 e. The molecule has 0 fully saturated rings. The molecule has 0 bridgehead atoms. The zero-order chi connectivity index (χ0) is 14.0. The standard InChI is InChI=1S/C15H19NO3/c1-4-6-13(15(16)17)19-12-8-5-7-11-9(2)10(3)18-14(11)12/h5,7-8,13H,4,6H2,1-3H3,(H2,16,17). The highest BCUT2D eigenvalue weighted by Gasteiger charge is 2.19. The first-order valence-corrected chi connectivity index (χ1v) is 6.49. The maximum absolute atomic E-state index is 11.4. The number of rotatable bonds is 5. The fourth-order valence-electron chi connectivity index (χ4n) is 2.10. The van der Waals surface area contributed by atoms with Crippen LogP contribution in [-0.2, 0) is 4.79 Å². The second-order valence-electron chi connectivity index (χ2n) is 4.71. The molecule has 2 rings (SSSR count). The quantitative estimate of drug-likeness (QED) is 0.899. The van der Waals surface area contributed by atoms with Gasteiger partial charge in [-0.3, -0.25) is 4.79 Å². The van der Waals surface area contributed by atoms with Gasteiger partial charge in [-0.1, -0.05) is 25.5 Å². The van der Waals surface area contributed by atoms with Crippen molar-refractivity contribution < 1.29 is 13.9 Å². The highest BCUT2D eigenvalue weighted by atomic mass is 16.5. The van der Waals surface area contributed by atoms with Crippen molar-refractivity contribution >= 4 is 16.9 Å². The highest BCUT2D eigenvalue weighted by Crippen LogP contribution is 2.32. The van der Waals surface area contributed by atoms with E-state index in [2.05, 4.69) is 0 Å². The topological polar surface area (TPSA) is 65.5 Å². The molecule has 2 aromatic rings. The molecular weight excluding hydrogens is 242 g/mol. The fraction of sp³-hybridized carbons (Fsp3) is 0.400. The average Bonchev–Trinajstić information content (AvgIpc) is 2.66. The summed E-state index contributed by atoms with van der Waals surface area (Å²) in [7, 11) is 0. The third-order valence-corrected chi connectivity index (χ3v) is 3.30. The third kappa shape index (κ3) is 2.57. The van der Waals surface area contributed by atoms with Crippen molar-refractivity contribution in [2.45, 2.75) is 39.7 Å². The molecule has 1 unspecified atom stereocenters. The van der Waals surface area contributed by atoms with Crippen molar-refractivity contribution in [3.8, 4) is 5.75 Å². The van der Waals surface area contributed by atoms with E-state index in [0.717, 1.165) is 23.1 Å². The van der Waals surface area contributed by atoms with E-state index in [0.29, 0.717) is 17.8 Å². The molecule has 0 spiro atoms. The molecule has 0 saturated carbocycles. The molecule has 1 amide bonds. The van der Waals surface area contributed by atoms with Crippen LogP contribution in [0.25, 0.3) is 11.0 Å². The van der Waals surface area contributed by atoms with Crippen LogP contribution < -0.4 is 10.5 Å². The van der Waals surface area contributed by atoms with Crippen LogP contribution in [0.5, 0.6) is 5.75 Å². The maximum atomic E-state index is 11.4. The average molecular weight is 261 g/mol. The van der Waals surface area contributed by atoms with Crippen molar-refractivity contribution in [1.29, 1.82) is 0 Å². The molecule has 2 N–H and O–H groups in total. The van der Waals surface area contributed by atoms with Gasteiger partial charge in [0.25, 0.3) is 5.91 Å². The zero-order valence-corrected chi connectivity index (χ0v) is 11.5. The summed E-state index contributed by atoms with van der Waals surface area (Å²) in [5, 5.41) is 1.01. The van der Waals surface area contributed by atoms with Crippen LogP contribution in [0.3, 0.4) is 0 Å². The predicted octanol–water partition coefficient (Wildman–Crippen LogP) is 3.08. The lowest BCUT2D eigenvalue weighted by Gasteiger charge is -2.15. The SMILES string of the molecule is CCCC(Oc1cccc2c(C)c(C)oc12)C(N)=O. The number of furan rings is 1. The molecule has 0 aliphatic heterocycles. The van der Waals surface area contributed by atoms with E-state index in [1.807, 2.05) is 32.9 Å². The van der Waals surface area contributed by atoms with Crippen molar-refractivity contribution in [1.82, 2.24) is 0 Å². The number of carbonyl (C=O) groups excluding carboxylic acids is 1. The summed E-state index contributed by atoms with van der Waals surface area (Å²) in [6.07, 6.45) is 0.825. The minimum absolute atomic E-state index is 0.446. The van der Waals surface area contributed by atoms with Crippen molar-refractivity contribution in [3.63, 3.8) is 0 Å². The van der Waals surface area contributed by atoms with E-state index in [1.54, 1.807) is 6.07 Å². The highest BCUT2D eigenvalue weighted by molar-refractivity contribution is 5.87. The maximum Gasteiger partial charge on any atom is 0.258 e. The summed E-state index contributed by atoms with van der Waals surface area (Å²) < 4.78 is 11.4. The Morgan fingerprint density at radius 1 is 1.42 bits per heavy atom. The van der Waals surface area contributed by atoms with E-state index < -0.39 is 12.0 Å². The number of primary amides is 1. The van der Waals surface area contributed by atoms with E-state index in [4.69, 9.17) is 14.9 Å². The first-order valence-electron chi connectivity index (χ1n) is 6.49. The van der Waals surface area contributed by atoms with Crippen molar-refractivity contribution in [2.75, 3.05) is 0 Å². The normalized spacial score (nSPS) is 12.6.